The summed E-state index contributed by atoms with van der Waals surface area (Å²) in [6, 6.07) is 5.81. The van der Waals surface area contributed by atoms with E-state index in [1.807, 2.05) is 6.92 Å². The van der Waals surface area contributed by atoms with Gasteiger partial charge in [0, 0.05) is 4.88 Å². The normalized spacial score (nSPS) is 10.6. The summed E-state index contributed by atoms with van der Waals surface area (Å²) in [4.78, 5) is 16.1. The van der Waals surface area contributed by atoms with E-state index in [0.717, 1.165) is 22.0 Å². The first-order valence-electron chi connectivity index (χ1n) is 6.66. The SMILES string of the molecule is CCc1nc(COc2ccc(F)cc2)sc1CCC(=O)O. The van der Waals surface area contributed by atoms with E-state index in [2.05, 4.69) is 4.98 Å². The molecule has 6 heteroatoms. The molecule has 0 unspecified atom stereocenters. The largest absolute Gasteiger partial charge is 0.486 e. The molecule has 0 fully saturated rings. The van der Waals surface area contributed by atoms with E-state index in [-0.39, 0.29) is 12.2 Å². The van der Waals surface area contributed by atoms with Crippen LogP contribution in [0.5, 0.6) is 5.75 Å². The number of hydrogen-bond acceptors (Lipinski definition) is 4. The lowest BCUT2D eigenvalue weighted by Gasteiger charge is -2.03. The topological polar surface area (TPSA) is 59.4 Å². The summed E-state index contributed by atoms with van der Waals surface area (Å²) < 4.78 is 18.3. The summed E-state index contributed by atoms with van der Waals surface area (Å²) in [5, 5.41) is 9.55. The molecule has 0 bridgehead atoms. The fourth-order valence-corrected chi connectivity index (χ4v) is 2.94. The van der Waals surface area contributed by atoms with E-state index in [4.69, 9.17) is 9.84 Å². The van der Waals surface area contributed by atoms with Gasteiger partial charge in [-0.15, -0.1) is 11.3 Å². The van der Waals surface area contributed by atoms with Crippen LogP contribution in [0.4, 0.5) is 4.39 Å². The molecule has 1 aromatic carbocycles. The van der Waals surface area contributed by atoms with Crippen LogP contribution in [0.3, 0.4) is 0 Å². The molecule has 0 radical (unpaired) electrons. The van der Waals surface area contributed by atoms with Crippen molar-refractivity contribution in [3.8, 4) is 5.75 Å². The maximum absolute atomic E-state index is 12.8. The minimum Gasteiger partial charge on any atom is -0.486 e. The summed E-state index contributed by atoms with van der Waals surface area (Å²) in [5.41, 5.74) is 0.930. The number of aliphatic carboxylic acids is 1. The highest BCUT2D eigenvalue weighted by Gasteiger charge is 2.11. The van der Waals surface area contributed by atoms with Gasteiger partial charge in [-0.25, -0.2) is 9.37 Å². The number of hydrogen-bond donors (Lipinski definition) is 1. The minimum absolute atomic E-state index is 0.105. The zero-order chi connectivity index (χ0) is 15.2. The number of ether oxygens (including phenoxy) is 1. The third kappa shape index (κ3) is 4.53. The molecule has 0 saturated heterocycles. The van der Waals surface area contributed by atoms with E-state index in [0.29, 0.717) is 18.8 Å². The first kappa shape index (κ1) is 15.4. The van der Waals surface area contributed by atoms with Gasteiger partial charge in [0.05, 0.1) is 12.1 Å². The smallest absolute Gasteiger partial charge is 0.303 e. The van der Waals surface area contributed by atoms with Crippen molar-refractivity contribution in [3.05, 3.63) is 45.7 Å². The second-order valence-corrected chi connectivity index (χ2v) is 5.64. The zero-order valence-corrected chi connectivity index (χ0v) is 12.5. The standard InChI is InChI=1S/C15H16FNO3S/c1-2-12-13(7-8-15(18)19)21-14(17-12)9-20-11-5-3-10(16)4-6-11/h3-6H,2,7-9H2,1H3,(H,18,19). The maximum Gasteiger partial charge on any atom is 0.303 e. The highest BCUT2D eigenvalue weighted by Crippen LogP contribution is 2.22. The molecule has 0 saturated carbocycles. The van der Waals surface area contributed by atoms with Crippen molar-refractivity contribution in [2.75, 3.05) is 0 Å². The van der Waals surface area contributed by atoms with Gasteiger partial charge in [-0.2, -0.15) is 0 Å². The molecule has 1 aromatic heterocycles. The predicted octanol–water partition coefficient (Wildman–Crippen LogP) is 3.44. The van der Waals surface area contributed by atoms with Gasteiger partial charge in [0.1, 0.15) is 23.2 Å². The van der Waals surface area contributed by atoms with Crippen molar-refractivity contribution in [2.24, 2.45) is 0 Å². The Labute approximate surface area is 126 Å². The summed E-state index contributed by atoms with van der Waals surface area (Å²) in [5.74, 6) is -0.535. The van der Waals surface area contributed by atoms with Gasteiger partial charge in [0.25, 0.3) is 0 Å². The summed E-state index contributed by atoms with van der Waals surface area (Å²) in [6.45, 7) is 2.29. The quantitative estimate of drug-likeness (QED) is 0.851. The number of thiazole rings is 1. The Kier molecular flexibility index (Phi) is 5.27. The van der Waals surface area contributed by atoms with E-state index in [1.54, 1.807) is 12.1 Å². The molecular formula is C15H16FNO3S. The lowest BCUT2D eigenvalue weighted by Crippen LogP contribution is -1.98. The molecule has 2 rings (SSSR count). The Bertz CT molecular complexity index is 610. The predicted molar refractivity (Wildman–Crippen MR) is 78.2 cm³/mol. The van der Waals surface area contributed by atoms with Crippen LogP contribution in [0.15, 0.2) is 24.3 Å². The number of nitrogens with zero attached hydrogens (tertiary/aromatic N) is 1. The highest BCUT2D eigenvalue weighted by atomic mass is 32.1. The monoisotopic (exact) mass is 309 g/mol. The molecule has 1 N–H and O–H groups in total. The van der Waals surface area contributed by atoms with Crippen molar-refractivity contribution < 1.29 is 19.0 Å². The van der Waals surface area contributed by atoms with Crippen molar-refractivity contribution >= 4 is 17.3 Å². The molecule has 21 heavy (non-hydrogen) atoms. The maximum atomic E-state index is 12.8. The fourth-order valence-electron chi connectivity index (χ4n) is 1.87. The molecule has 0 amide bonds. The van der Waals surface area contributed by atoms with Gasteiger partial charge in [-0.1, -0.05) is 6.92 Å². The first-order chi connectivity index (χ1) is 10.1. The van der Waals surface area contributed by atoms with Crippen molar-refractivity contribution in [1.29, 1.82) is 0 Å². The summed E-state index contributed by atoms with van der Waals surface area (Å²) >= 11 is 1.47. The van der Waals surface area contributed by atoms with E-state index in [9.17, 15) is 9.18 Å². The lowest BCUT2D eigenvalue weighted by atomic mass is 10.2. The number of carbonyl (C=O) groups is 1. The van der Waals surface area contributed by atoms with Crippen LogP contribution in [-0.4, -0.2) is 16.1 Å². The van der Waals surface area contributed by atoms with Crippen LogP contribution in [0.2, 0.25) is 0 Å². The van der Waals surface area contributed by atoms with Crippen LogP contribution in [-0.2, 0) is 24.2 Å². The van der Waals surface area contributed by atoms with Crippen molar-refractivity contribution in [2.45, 2.75) is 32.8 Å². The Morgan fingerprint density at radius 2 is 2.10 bits per heavy atom. The number of halogens is 1. The second kappa shape index (κ2) is 7.17. The summed E-state index contributed by atoms with van der Waals surface area (Å²) in [6.07, 6.45) is 1.36. The zero-order valence-electron chi connectivity index (χ0n) is 11.6. The van der Waals surface area contributed by atoms with Crippen LogP contribution in [0, 0.1) is 5.82 Å². The van der Waals surface area contributed by atoms with Gasteiger partial charge in [0.15, 0.2) is 0 Å². The number of aryl methyl sites for hydroxylation is 2. The third-order valence-electron chi connectivity index (χ3n) is 2.90. The Morgan fingerprint density at radius 3 is 2.71 bits per heavy atom. The minimum atomic E-state index is -0.811. The van der Waals surface area contributed by atoms with Gasteiger partial charge < -0.3 is 9.84 Å². The van der Waals surface area contributed by atoms with Crippen molar-refractivity contribution in [3.63, 3.8) is 0 Å². The van der Waals surface area contributed by atoms with Gasteiger partial charge in [-0.3, -0.25) is 4.79 Å². The molecule has 112 valence electrons. The van der Waals surface area contributed by atoms with E-state index < -0.39 is 5.97 Å². The number of carboxylic acids is 1. The molecule has 1 heterocycles. The Morgan fingerprint density at radius 1 is 1.38 bits per heavy atom. The van der Waals surface area contributed by atoms with Crippen molar-refractivity contribution in [1.82, 2.24) is 4.98 Å². The molecule has 2 aromatic rings. The van der Waals surface area contributed by atoms with Crippen LogP contribution in [0.25, 0.3) is 0 Å². The third-order valence-corrected chi connectivity index (χ3v) is 4.03. The molecule has 0 aliphatic carbocycles. The summed E-state index contributed by atoms with van der Waals surface area (Å²) in [7, 11) is 0. The van der Waals surface area contributed by atoms with Crippen LogP contribution < -0.4 is 4.74 Å². The molecule has 4 nitrogen and oxygen atoms in total. The Balaban J connectivity index is 1.99. The van der Waals surface area contributed by atoms with Gasteiger partial charge in [0.2, 0.25) is 0 Å². The lowest BCUT2D eigenvalue weighted by molar-refractivity contribution is -0.136. The average Bonchev–Trinajstić information content (AvgIpc) is 2.87. The number of carboxylic acid groups (broad SMARTS) is 1. The fraction of sp³-hybridized carbons (Fsp3) is 0.333. The number of benzene rings is 1. The molecular weight excluding hydrogens is 293 g/mol. The van der Waals surface area contributed by atoms with Gasteiger partial charge in [-0.05, 0) is 37.1 Å². The van der Waals surface area contributed by atoms with E-state index in [1.165, 1.54) is 23.5 Å². The van der Waals surface area contributed by atoms with Gasteiger partial charge >= 0.3 is 5.97 Å². The number of aromatic nitrogens is 1. The molecule has 0 aliphatic heterocycles. The first-order valence-corrected chi connectivity index (χ1v) is 7.47. The number of rotatable bonds is 7. The van der Waals surface area contributed by atoms with E-state index >= 15 is 0 Å². The molecule has 0 aliphatic rings. The van der Waals surface area contributed by atoms with Crippen LogP contribution >= 0.6 is 11.3 Å². The molecule has 0 spiro atoms. The second-order valence-electron chi connectivity index (χ2n) is 4.47. The highest BCUT2D eigenvalue weighted by molar-refractivity contribution is 7.11. The van der Waals surface area contributed by atoms with Crippen LogP contribution in [0.1, 0.15) is 28.9 Å². The molecule has 0 atom stereocenters. The average molecular weight is 309 g/mol. The Hall–Kier alpha value is -1.95.